The molecule has 0 unspecified atom stereocenters. The van der Waals surface area contributed by atoms with E-state index in [0.717, 1.165) is 0 Å². The van der Waals surface area contributed by atoms with Crippen molar-refractivity contribution < 1.29 is 0 Å². The van der Waals surface area contributed by atoms with Gasteiger partial charge < -0.3 is 0 Å². The van der Waals surface area contributed by atoms with Crippen molar-refractivity contribution in [3.8, 4) is 77.9 Å². The Kier molecular flexibility index (Phi) is 9.28. The Morgan fingerprint density at radius 1 is 0.141 bits per heavy atom. The number of hydrogen-bond donors (Lipinski definition) is 0. The van der Waals surface area contributed by atoms with E-state index in [1.54, 1.807) is 0 Å². The van der Waals surface area contributed by atoms with E-state index in [4.69, 9.17) is 0 Å². The van der Waals surface area contributed by atoms with Gasteiger partial charge in [-0.05, 0) is 133 Å². The van der Waals surface area contributed by atoms with E-state index in [1.165, 1.54) is 121 Å². The maximum Gasteiger partial charge on any atom is -0.00201 e. The van der Waals surface area contributed by atoms with E-state index >= 15 is 0 Å². The number of benzene rings is 12. The van der Waals surface area contributed by atoms with Crippen LogP contribution in [0.5, 0.6) is 0 Å². The highest BCUT2D eigenvalue weighted by Crippen LogP contribution is 2.48. The molecule has 0 amide bonds. The summed E-state index contributed by atoms with van der Waals surface area (Å²) in [4.78, 5) is 0. The van der Waals surface area contributed by atoms with Gasteiger partial charge >= 0.3 is 0 Å². The van der Waals surface area contributed by atoms with Crippen molar-refractivity contribution in [3.63, 3.8) is 0 Å². The van der Waals surface area contributed by atoms with Gasteiger partial charge in [0.2, 0.25) is 0 Å². The zero-order valence-electron chi connectivity index (χ0n) is 35.2. The lowest BCUT2D eigenvalue weighted by Crippen LogP contribution is -1.93. The van der Waals surface area contributed by atoms with Crippen molar-refractivity contribution in [2.24, 2.45) is 0 Å². The molecule has 0 aliphatic rings. The minimum absolute atomic E-state index is 1.19. The summed E-state index contributed by atoms with van der Waals surface area (Å²) in [7, 11) is 0. The Morgan fingerprint density at radius 3 is 0.703 bits per heavy atom. The van der Waals surface area contributed by atoms with Gasteiger partial charge in [-0.3, -0.25) is 0 Å². The Bertz CT molecular complexity index is 3350. The second kappa shape index (κ2) is 15.9. The van der Waals surface area contributed by atoms with Crippen LogP contribution in [0.3, 0.4) is 0 Å². The summed E-state index contributed by atoms with van der Waals surface area (Å²) in [6, 6.07) is 93.4. The van der Waals surface area contributed by atoms with Gasteiger partial charge in [-0.1, -0.05) is 243 Å². The molecule has 12 aromatic rings. The van der Waals surface area contributed by atoms with Crippen molar-refractivity contribution >= 4 is 43.1 Å². The van der Waals surface area contributed by atoms with Gasteiger partial charge in [0.15, 0.2) is 0 Å². The molecule has 12 aromatic carbocycles. The summed E-state index contributed by atoms with van der Waals surface area (Å²) < 4.78 is 0. The van der Waals surface area contributed by atoms with Gasteiger partial charge in [-0.25, -0.2) is 0 Å². The van der Waals surface area contributed by atoms with E-state index in [9.17, 15) is 0 Å². The average molecular weight is 811 g/mol. The third kappa shape index (κ3) is 6.31. The molecule has 0 bridgehead atoms. The molecule has 0 spiro atoms. The normalized spacial score (nSPS) is 11.4. The molecule has 0 nitrogen and oxygen atoms in total. The first-order valence-electron chi connectivity index (χ1n) is 22.2. The molecule has 0 heteroatoms. The quantitative estimate of drug-likeness (QED) is 0.141. The monoisotopic (exact) mass is 810 g/mol. The maximum atomic E-state index is 2.39. The predicted octanol–water partition coefficient (Wildman–Crippen LogP) is 18.0. The first-order chi connectivity index (χ1) is 31.8. The average Bonchev–Trinajstić information content (AvgIpc) is 3.38. The Hall–Kier alpha value is -8.32. The van der Waals surface area contributed by atoms with E-state index in [1.807, 2.05) is 0 Å². The van der Waals surface area contributed by atoms with E-state index < -0.39 is 0 Å². The van der Waals surface area contributed by atoms with Crippen molar-refractivity contribution in [1.82, 2.24) is 0 Å². The molecule has 12 rings (SSSR count). The molecule has 0 aliphatic heterocycles. The maximum absolute atomic E-state index is 2.39. The highest BCUT2D eigenvalue weighted by atomic mass is 14.2. The first-order valence-corrected chi connectivity index (χ1v) is 22.2. The third-order valence-electron chi connectivity index (χ3n) is 13.1. The summed E-state index contributed by atoms with van der Waals surface area (Å²) in [6.45, 7) is 0. The molecule has 0 radical (unpaired) electrons. The van der Waals surface area contributed by atoms with Crippen LogP contribution >= 0.6 is 0 Å². The highest BCUT2D eigenvalue weighted by Gasteiger charge is 2.21. The molecule has 64 heavy (non-hydrogen) atoms. The molecule has 0 atom stereocenters. The van der Waals surface area contributed by atoms with Gasteiger partial charge in [0, 0.05) is 0 Å². The Balaban J connectivity index is 1.03. The zero-order valence-corrected chi connectivity index (χ0v) is 35.2. The molecular weight excluding hydrogens is 769 g/mol. The third-order valence-corrected chi connectivity index (χ3v) is 13.1. The molecular formula is C64H42. The van der Waals surface area contributed by atoms with Crippen molar-refractivity contribution in [1.29, 1.82) is 0 Å². The highest BCUT2D eigenvalue weighted by molar-refractivity contribution is 6.24. The minimum atomic E-state index is 1.19. The summed E-state index contributed by atoms with van der Waals surface area (Å²) >= 11 is 0. The summed E-state index contributed by atoms with van der Waals surface area (Å²) in [6.07, 6.45) is 0. The van der Waals surface area contributed by atoms with Crippen molar-refractivity contribution in [3.05, 3.63) is 255 Å². The summed E-state index contributed by atoms with van der Waals surface area (Å²) in [5.41, 5.74) is 17.2. The summed E-state index contributed by atoms with van der Waals surface area (Å²) in [5.74, 6) is 0. The Labute approximate surface area is 374 Å². The van der Waals surface area contributed by atoms with Crippen LogP contribution in [0.15, 0.2) is 255 Å². The largest absolute Gasteiger partial charge is 0.0622 e. The van der Waals surface area contributed by atoms with Gasteiger partial charge in [0.1, 0.15) is 0 Å². The first kappa shape index (κ1) is 37.4. The molecule has 298 valence electrons. The van der Waals surface area contributed by atoms with Gasteiger partial charge in [0.25, 0.3) is 0 Å². The van der Waals surface area contributed by atoms with Crippen LogP contribution in [-0.2, 0) is 0 Å². The molecule has 0 aliphatic carbocycles. The predicted molar refractivity (Wildman–Crippen MR) is 275 cm³/mol. The molecule has 0 fully saturated rings. The second-order valence-corrected chi connectivity index (χ2v) is 16.7. The summed E-state index contributed by atoms with van der Waals surface area (Å²) in [5, 5.41) is 9.99. The Morgan fingerprint density at radius 2 is 0.375 bits per heavy atom. The van der Waals surface area contributed by atoms with Crippen LogP contribution in [0, 0.1) is 0 Å². The van der Waals surface area contributed by atoms with Crippen molar-refractivity contribution in [2.75, 3.05) is 0 Å². The lowest BCUT2D eigenvalue weighted by Gasteiger charge is -2.20. The van der Waals surface area contributed by atoms with Gasteiger partial charge in [-0.2, -0.15) is 0 Å². The van der Waals surface area contributed by atoms with E-state index in [2.05, 4.69) is 255 Å². The van der Waals surface area contributed by atoms with Crippen LogP contribution in [0.2, 0.25) is 0 Å². The van der Waals surface area contributed by atoms with E-state index in [0.29, 0.717) is 0 Å². The van der Waals surface area contributed by atoms with Crippen LogP contribution < -0.4 is 0 Å². The SMILES string of the molecule is c1ccc(-c2ccccc2-c2c3ccccc3c(-c3cccc(-c4cccc(-c5c6ccccc6c(-c6ccccc6-c6ccccc6)c6ccccc56)c4)c3)c3ccccc23)cc1. The molecule has 0 N–H and O–H groups in total. The number of rotatable bonds is 7. The molecule has 0 saturated heterocycles. The number of hydrogen-bond acceptors (Lipinski definition) is 0. The second-order valence-electron chi connectivity index (χ2n) is 16.7. The molecule has 0 saturated carbocycles. The van der Waals surface area contributed by atoms with Crippen LogP contribution in [0.25, 0.3) is 121 Å². The standard InChI is InChI=1S/C64H42/c1-3-21-43(22-4-1)49-29-7-9-31-51(49)63-57-37-15-11-33-53(57)61(54-34-12-16-38-58(54)63)47-27-19-25-45(41-47)46-26-20-28-48(42-46)62-55-35-13-17-39-59(55)64(60-40-18-14-36-56(60)62)52-32-10-8-30-50(52)44-23-5-2-6-24-44/h1-42H. The molecule has 0 aromatic heterocycles. The van der Waals surface area contributed by atoms with Gasteiger partial charge in [0.05, 0.1) is 0 Å². The molecule has 0 heterocycles. The fourth-order valence-corrected chi connectivity index (χ4v) is 10.3. The lowest BCUT2D eigenvalue weighted by molar-refractivity contribution is 1.59. The van der Waals surface area contributed by atoms with Crippen LogP contribution in [0.4, 0.5) is 0 Å². The van der Waals surface area contributed by atoms with Crippen LogP contribution in [0.1, 0.15) is 0 Å². The minimum Gasteiger partial charge on any atom is -0.0622 e. The fraction of sp³-hybridized carbons (Fsp3) is 0. The van der Waals surface area contributed by atoms with Gasteiger partial charge in [-0.15, -0.1) is 0 Å². The van der Waals surface area contributed by atoms with E-state index in [-0.39, 0.29) is 0 Å². The zero-order chi connectivity index (χ0) is 42.4. The lowest BCUT2D eigenvalue weighted by atomic mass is 9.83. The van der Waals surface area contributed by atoms with Crippen LogP contribution in [-0.4, -0.2) is 0 Å². The fourth-order valence-electron chi connectivity index (χ4n) is 10.3. The smallest absolute Gasteiger partial charge is 0.00201 e. The topological polar surface area (TPSA) is 0 Å². The number of fused-ring (bicyclic) bond motifs is 4. The van der Waals surface area contributed by atoms with Crippen molar-refractivity contribution in [2.45, 2.75) is 0 Å².